The molecule has 0 spiro atoms. The zero-order chi connectivity index (χ0) is 22.7. The molecule has 2 N–H and O–H groups in total. The number of aliphatic hydroxyl groups is 2. The molecule has 0 bridgehead atoms. The van der Waals surface area contributed by atoms with Crippen LogP contribution in [0.2, 0.25) is 0 Å². The minimum absolute atomic E-state index is 0.145. The van der Waals surface area contributed by atoms with Gasteiger partial charge in [0.15, 0.2) is 0 Å². The van der Waals surface area contributed by atoms with Crippen LogP contribution in [0, 0.1) is 0 Å². The van der Waals surface area contributed by atoms with Crippen molar-refractivity contribution in [2.75, 3.05) is 38.9 Å². The van der Waals surface area contributed by atoms with Gasteiger partial charge >= 0.3 is 0 Å². The second kappa shape index (κ2) is 13.4. The summed E-state index contributed by atoms with van der Waals surface area (Å²) in [6, 6.07) is 15.7. The summed E-state index contributed by atoms with van der Waals surface area (Å²) in [5, 5.41) is 19.4. The summed E-state index contributed by atoms with van der Waals surface area (Å²) < 4.78 is 21.4. The van der Waals surface area contributed by atoms with E-state index in [9.17, 15) is 10.2 Å². The smallest absolute Gasteiger partial charge is 0.119 e. The van der Waals surface area contributed by atoms with E-state index in [0.29, 0.717) is 24.7 Å². The zero-order valence-corrected chi connectivity index (χ0v) is 20.7. The Morgan fingerprint density at radius 2 is 1.29 bits per heavy atom. The quantitative estimate of drug-likeness (QED) is 0.204. The van der Waals surface area contributed by atoms with E-state index < -0.39 is 12.2 Å². The molecule has 0 heterocycles. The van der Waals surface area contributed by atoms with Crippen LogP contribution in [-0.4, -0.2) is 61.3 Å². The number of hydrogen-bond donors (Lipinski definition) is 2. The minimum atomic E-state index is -0.698. The summed E-state index contributed by atoms with van der Waals surface area (Å²) in [5.74, 6) is 1.53. The summed E-state index contributed by atoms with van der Waals surface area (Å²) in [5.41, 5.74) is 2.05. The van der Waals surface area contributed by atoms with E-state index in [1.807, 2.05) is 48.5 Å². The van der Waals surface area contributed by atoms with E-state index in [4.69, 9.17) is 28.9 Å². The largest absolute Gasteiger partial charge is 0.491 e. The minimum Gasteiger partial charge on any atom is -0.491 e. The average Bonchev–Trinajstić information content (AvgIpc) is 2.79. The third-order valence-corrected chi connectivity index (χ3v) is 5.63. The van der Waals surface area contributed by atoms with Crippen molar-refractivity contribution in [3.8, 4) is 11.5 Å². The molecule has 2 aromatic rings. The average molecular weight is 565 g/mol. The Bertz CT molecular complexity index is 754. The highest BCUT2D eigenvalue weighted by Crippen LogP contribution is 2.33. The van der Waals surface area contributed by atoms with Gasteiger partial charge in [-0.1, -0.05) is 38.1 Å². The maximum atomic E-state index is 9.92. The van der Waals surface area contributed by atoms with Crippen LogP contribution in [0.4, 0.5) is 0 Å². The molecule has 0 aliphatic rings. The van der Waals surface area contributed by atoms with Crippen molar-refractivity contribution >= 4 is 34.6 Å². The SMILES string of the molecule is CC(C)(c1ccc(OC[C@H](O)CCl)cc1)c1ccc(OC[C@@H](O)COCCOI)cc1. The van der Waals surface area contributed by atoms with Gasteiger partial charge < -0.3 is 27.5 Å². The van der Waals surface area contributed by atoms with E-state index in [2.05, 4.69) is 13.8 Å². The van der Waals surface area contributed by atoms with Crippen molar-refractivity contribution in [3.63, 3.8) is 0 Å². The summed E-state index contributed by atoms with van der Waals surface area (Å²) in [7, 11) is 0. The van der Waals surface area contributed by atoms with Crippen LogP contribution in [0.3, 0.4) is 0 Å². The van der Waals surface area contributed by atoms with Crippen molar-refractivity contribution in [2.24, 2.45) is 0 Å². The van der Waals surface area contributed by atoms with Crippen LogP contribution in [0.5, 0.6) is 11.5 Å². The van der Waals surface area contributed by atoms with Crippen LogP contribution < -0.4 is 9.47 Å². The molecule has 0 aromatic heterocycles. The van der Waals surface area contributed by atoms with E-state index in [-0.39, 0.29) is 31.1 Å². The first-order chi connectivity index (χ1) is 14.9. The van der Waals surface area contributed by atoms with Crippen LogP contribution >= 0.6 is 34.6 Å². The Kier molecular flexibility index (Phi) is 11.3. The van der Waals surface area contributed by atoms with Gasteiger partial charge in [-0.2, -0.15) is 0 Å². The van der Waals surface area contributed by atoms with Gasteiger partial charge in [-0.15, -0.1) is 11.6 Å². The highest BCUT2D eigenvalue weighted by atomic mass is 127. The van der Waals surface area contributed by atoms with Crippen molar-refractivity contribution in [1.29, 1.82) is 0 Å². The van der Waals surface area contributed by atoms with Gasteiger partial charge in [0, 0.05) is 5.41 Å². The lowest BCUT2D eigenvalue weighted by atomic mass is 9.78. The number of ether oxygens (including phenoxy) is 3. The van der Waals surface area contributed by atoms with E-state index in [1.54, 1.807) is 23.0 Å². The molecule has 0 amide bonds. The molecule has 0 saturated carbocycles. The van der Waals surface area contributed by atoms with Gasteiger partial charge in [-0.3, -0.25) is 0 Å². The Morgan fingerprint density at radius 3 is 1.74 bits per heavy atom. The fourth-order valence-electron chi connectivity index (χ4n) is 2.89. The molecule has 2 atom stereocenters. The summed E-state index contributed by atoms with van der Waals surface area (Å²) in [6.45, 7) is 5.75. The van der Waals surface area contributed by atoms with Crippen LogP contribution in [-0.2, 0) is 13.2 Å². The summed E-state index contributed by atoms with van der Waals surface area (Å²) in [4.78, 5) is 0. The molecule has 31 heavy (non-hydrogen) atoms. The molecule has 0 aliphatic heterocycles. The molecular formula is C23H30ClIO6. The van der Waals surface area contributed by atoms with E-state index >= 15 is 0 Å². The Morgan fingerprint density at radius 1 is 0.806 bits per heavy atom. The summed E-state index contributed by atoms with van der Waals surface area (Å²) in [6.07, 6.45) is -1.38. The second-order valence-corrected chi connectivity index (χ2v) is 8.58. The number of hydrogen-bond acceptors (Lipinski definition) is 6. The standard InChI is InChI=1S/C23H30ClIO6/c1-23(2,17-3-7-21(8-4-17)29-15-19(26)13-24)18-5-9-22(10-6-18)30-16-20(27)14-28-11-12-31-25/h3-10,19-20,26-27H,11-16H2,1-2H3/t19-,20+/m1/s1. The predicted octanol–water partition coefficient (Wildman–Crippen LogP) is 4.11. The van der Waals surface area contributed by atoms with Gasteiger partial charge in [0.1, 0.15) is 59.9 Å². The van der Waals surface area contributed by atoms with Crippen molar-refractivity contribution < 1.29 is 27.5 Å². The Labute approximate surface area is 203 Å². The molecule has 0 saturated heterocycles. The highest BCUT2D eigenvalue weighted by Gasteiger charge is 2.23. The number of aliphatic hydroxyl groups excluding tert-OH is 2. The second-order valence-electron chi connectivity index (χ2n) is 7.65. The normalized spacial score (nSPS) is 13.6. The topological polar surface area (TPSA) is 77.4 Å². The fraction of sp³-hybridized carbons (Fsp3) is 0.478. The first-order valence-electron chi connectivity index (χ1n) is 10.1. The van der Waals surface area contributed by atoms with Crippen molar-refractivity contribution in [3.05, 3.63) is 59.7 Å². The van der Waals surface area contributed by atoms with Gasteiger partial charge in [-0.25, -0.2) is 0 Å². The molecule has 2 aromatic carbocycles. The molecule has 2 rings (SSSR count). The third-order valence-electron chi connectivity index (χ3n) is 4.83. The molecule has 8 heteroatoms. The maximum absolute atomic E-state index is 9.92. The molecular weight excluding hydrogens is 535 g/mol. The molecule has 0 radical (unpaired) electrons. The van der Waals surface area contributed by atoms with E-state index in [1.165, 1.54) is 0 Å². The number of benzene rings is 2. The van der Waals surface area contributed by atoms with Crippen LogP contribution in [0.1, 0.15) is 25.0 Å². The third kappa shape index (κ3) is 8.75. The molecule has 0 fully saturated rings. The number of rotatable bonds is 14. The first-order valence-corrected chi connectivity index (χ1v) is 11.5. The lowest BCUT2D eigenvalue weighted by Crippen LogP contribution is -2.24. The highest BCUT2D eigenvalue weighted by molar-refractivity contribution is 14.1. The number of halogens is 2. The van der Waals surface area contributed by atoms with Gasteiger partial charge in [0.2, 0.25) is 0 Å². The van der Waals surface area contributed by atoms with E-state index in [0.717, 1.165) is 11.1 Å². The predicted molar refractivity (Wildman–Crippen MR) is 130 cm³/mol. The number of alkyl halides is 1. The Hall–Kier alpha value is -1.10. The molecule has 6 nitrogen and oxygen atoms in total. The maximum Gasteiger partial charge on any atom is 0.119 e. The first kappa shape index (κ1) is 26.2. The zero-order valence-electron chi connectivity index (χ0n) is 17.8. The van der Waals surface area contributed by atoms with Gasteiger partial charge in [0.25, 0.3) is 0 Å². The van der Waals surface area contributed by atoms with Crippen LogP contribution in [0.15, 0.2) is 48.5 Å². The molecule has 0 unspecified atom stereocenters. The lowest BCUT2D eigenvalue weighted by Gasteiger charge is -2.26. The van der Waals surface area contributed by atoms with Gasteiger partial charge in [0.05, 0.1) is 25.7 Å². The monoisotopic (exact) mass is 564 g/mol. The molecule has 172 valence electrons. The van der Waals surface area contributed by atoms with Gasteiger partial charge in [-0.05, 0) is 35.4 Å². The lowest BCUT2D eigenvalue weighted by molar-refractivity contribution is 0.00681. The van der Waals surface area contributed by atoms with Crippen LogP contribution in [0.25, 0.3) is 0 Å². The Balaban J connectivity index is 1.90. The van der Waals surface area contributed by atoms with Crippen molar-refractivity contribution in [1.82, 2.24) is 0 Å². The fourth-order valence-corrected chi connectivity index (χ4v) is 3.16. The van der Waals surface area contributed by atoms with Crippen molar-refractivity contribution in [2.45, 2.75) is 31.5 Å². The molecule has 0 aliphatic carbocycles. The summed E-state index contributed by atoms with van der Waals surface area (Å²) >= 11 is 7.39.